The average molecular weight is 434 g/mol. The lowest BCUT2D eigenvalue weighted by atomic mass is 10.0. The van der Waals surface area contributed by atoms with Crippen LogP contribution in [0.15, 0.2) is 24.3 Å². The highest BCUT2D eigenvalue weighted by atomic mass is 32.3. The standard InChI is InChI=1S/C18H27NO9S/c1-19(2,3)12-16(11-17(21)22)27-18(23)8-7-14(20)9-13-5-4-6-15(10-13)28-29(24,25)26/h4-6,10,14,16,20H,7-9,11-12H2,1-3H3,(H-,21,22,24,25,26)/p+1. The Bertz CT molecular complexity index is 802. The molecule has 164 valence electrons. The average Bonchev–Trinajstić information content (AvgIpc) is 2.49. The minimum atomic E-state index is -4.64. The van der Waals surface area contributed by atoms with Gasteiger partial charge in [0.05, 0.1) is 33.7 Å². The number of nitrogens with zero attached hydrogens (tertiary/aromatic N) is 1. The van der Waals surface area contributed by atoms with Crippen LogP contribution in [0.5, 0.6) is 5.75 Å². The zero-order valence-electron chi connectivity index (χ0n) is 16.6. The number of hydrogen-bond acceptors (Lipinski definition) is 7. The molecule has 2 unspecified atom stereocenters. The monoisotopic (exact) mass is 434 g/mol. The number of hydrogen-bond donors (Lipinski definition) is 3. The van der Waals surface area contributed by atoms with Gasteiger partial charge in [-0.1, -0.05) is 12.1 Å². The molecule has 0 heterocycles. The van der Waals surface area contributed by atoms with Gasteiger partial charge in [-0.3, -0.25) is 14.1 Å². The van der Waals surface area contributed by atoms with E-state index in [0.29, 0.717) is 16.6 Å². The van der Waals surface area contributed by atoms with Crippen LogP contribution >= 0.6 is 0 Å². The van der Waals surface area contributed by atoms with Gasteiger partial charge in [-0.2, -0.15) is 8.42 Å². The number of aliphatic carboxylic acids is 1. The summed E-state index contributed by atoms with van der Waals surface area (Å²) in [5.41, 5.74) is 0.542. The molecule has 3 N–H and O–H groups in total. The van der Waals surface area contributed by atoms with Gasteiger partial charge in [0.25, 0.3) is 0 Å². The summed E-state index contributed by atoms with van der Waals surface area (Å²) in [5, 5.41) is 19.1. The van der Waals surface area contributed by atoms with E-state index >= 15 is 0 Å². The molecule has 0 fully saturated rings. The normalized spacial score (nSPS) is 14.1. The van der Waals surface area contributed by atoms with E-state index in [9.17, 15) is 23.1 Å². The Hall–Kier alpha value is -2.21. The molecule has 0 saturated heterocycles. The van der Waals surface area contributed by atoms with Crippen LogP contribution in [0.25, 0.3) is 0 Å². The van der Waals surface area contributed by atoms with Gasteiger partial charge < -0.3 is 23.6 Å². The van der Waals surface area contributed by atoms with Crippen LogP contribution in [0.3, 0.4) is 0 Å². The number of carbonyl (C=O) groups excluding carboxylic acids is 1. The SMILES string of the molecule is C[N+](C)(C)CC(CC(=O)O)OC(=O)CCC(O)Cc1cccc(OS(=O)(=O)O)c1. The fourth-order valence-electron chi connectivity index (χ4n) is 2.70. The van der Waals surface area contributed by atoms with E-state index in [1.54, 1.807) is 6.07 Å². The fourth-order valence-corrected chi connectivity index (χ4v) is 3.05. The van der Waals surface area contributed by atoms with E-state index in [1.807, 2.05) is 21.1 Å². The molecule has 0 bridgehead atoms. The first-order chi connectivity index (χ1) is 13.2. The number of rotatable bonds is 12. The zero-order valence-corrected chi connectivity index (χ0v) is 17.5. The first kappa shape index (κ1) is 24.8. The van der Waals surface area contributed by atoms with Gasteiger partial charge >= 0.3 is 22.3 Å². The summed E-state index contributed by atoms with van der Waals surface area (Å²) in [5.74, 6) is -1.77. The number of carboxylic acids is 1. The minimum absolute atomic E-state index is 0.0758. The zero-order chi connectivity index (χ0) is 22.2. The van der Waals surface area contributed by atoms with Crippen molar-refractivity contribution in [2.75, 3.05) is 27.7 Å². The summed E-state index contributed by atoms with van der Waals surface area (Å²) in [4.78, 5) is 23.0. The molecule has 0 spiro atoms. The van der Waals surface area contributed by atoms with E-state index in [1.165, 1.54) is 18.2 Å². The smallest absolute Gasteiger partial charge is 0.446 e. The molecule has 1 aromatic rings. The molecule has 11 heteroatoms. The summed E-state index contributed by atoms with van der Waals surface area (Å²) >= 11 is 0. The summed E-state index contributed by atoms with van der Waals surface area (Å²) in [6.45, 7) is 0.334. The van der Waals surface area contributed by atoms with E-state index in [4.69, 9.17) is 14.4 Å². The van der Waals surface area contributed by atoms with E-state index in [2.05, 4.69) is 4.18 Å². The molecule has 0 amide bonds. The Morgan fingerprint density at radius 2 is 1.86 bits per heavy atom. The first-order valence-corrected chi connectivity index (χ1v) is 10.3. The maximum atomic E-state index is 12.0. The lowest BCUT2D eigenvalue weighted by Gasteiger charge is -2.28. The maximum Gasteiger partial charge on any atom is 0.446 e. The number of likely N-dealkylation sites (N-methyl/N-ethyl adjacent to an activating group) is 1. The minimum Gasteiger partial charge on any atom is -0.481 e. The number of carboxylic acid groups (broad SMARTS) is 1. The van der Waals surface area contributed by atoms with Crippen LogP contribution in [0.2, 0.25) is 0 Å². The molecule has 0 aliphatic heterocycles. The number of carbonyl (C=O) groups is 2. The van der Waals surface area contributed by atoms with Crippen molar-refractivity contribution in [3.05, 3.63) is 29.8 Å². The molecule has 1 aromatic carbocycles. The fraction of sp³-hybridized carbons (Fsp3) is 0.556. The van der Waals surface area contributed by atoms with Gasteiger partial charge in [-0.15, -0.1) is 0 Å². The Morgan fingerprint density at radius 3 is 2.41 bits per heavy atom. The van der Waals surface area contributed by atoms with Gasteiger partial charge in [-0.25, -0.2) is 0 Å². The highest BCUT2D eigenvalue weighted by Gasteiger charge is 2.25. The number of ether oxygens (including phenoxy) is 1. The molecule has 2 atom stereocenters. The first-order valence-electron chi connectivity index (χ1n) is 8.89. The highest BCUT2D eigenvalue weighted by molar-refractivity contribution is 7.81. The van der Waals surface area contributed by atoms with Crippen molar-refractivity contribution in [3.8, 4) is 5.75 Å². The molecule has 0 saturated carbocycles. The van der Waals surface area contributed by atoms with Crippen LogP contribution in [-0.4, -0.2) is 79.5 Å². The topological polar surface area (TPSA) is 147 Å². The second-order valence-electron chi connectivity index (χ2n) is 7.74. The largest absolute Gasteiger partial charge is 0.481 e. The van der Waals surface area contributed by atoms with Crippen molar-refractivity contribution in [1.82, 2.24) is 0 Å². The molecule has 0 aliphatic rings. The Morgan fingerprint density at radius 1 is 1.21 bits per heavy atom. The Kier molecular flexibility index (Phi) is 9.02. The van der Waals surface area contributed by atoms with Crippen molar-refractivity contribution in [2.45, 2.75) is 37.9 Å². The molecular formula is C18H28NO9S+. The lowest BCUT2D eigenvalue weighted by molar-refractivity contribution is -0.873. The van der Waals surface area contributed by atoms with Gasteiger partial charge in [0.2, 0.25) is 0 Å². The van der Waals surface area contributed by atoms with Gasteiger partial charge in [0, 0.05) is 6.42 Å². The van der Waals surface area contributed by atoms with Crippen LogP contribution in [0.1, 0.15) is 24.8 Å². The number of esters is 1. The number of aliphatic hydroxyl groups is 1. The molecule has 0 aromatic heterocycles. The van der Waals surface area contributed by atoms with Crippen molar-refractivity contribution >= 4 is 22.3 Å². The number of aliphatic hydroxyl groups excluding tert-OH is 1. The Balaban J connectivity index is 2.56. The van der Waals surface area contributed by atoms with Crippen molar-refractivity contribution in [2.24, 2.45) is 0 Å². The van der Waals surface area contributed by atoms with E-state index in [0.717, 1.165) is 0 Å². The summed E-state index contributed by atoms with van der Waals surface area (Å²) < 4.78 is 40.2. The summed E-state index contributed by atoms with van der Waals surface area (Å²) in [7, 11) is 0.916. The van der Waals surface area contributed by atoms with E-state index in [-0.39, 0.29) is 31.4 Å². The molecule has 0 aliphatic carbocycles. The predicted octanol–water partition coefficient (Wildman–Crippen LogP) is 0.645. The van der Waals surface area contributed by atoms with E-state index < -0.39 is 34.5 Å². The van der Waals surface area contributed by atoms with Crippen molar-refractivity contribution < 1.29 is 46.2 Å². The van der Waals surface area contributed by atoms with Crippen LogP contribution in [0, 0.1) is 0 Å². The summed E-state index contributed by atoms with van der Waals surface area (Å²) in [6.07, 6.45) is -1.90. The van der Waals surface area contributed by atoms with Gasteiger partial charge in [-0.05, 0) is 30.5 Å². The molecule has 1 rings (SSSR count). The molecule has 29 heavy (non-hydrogen) atoms. The van der Waals surface area contributed by atoms with Crippen molar-refractivity contribution in [3.63, 3.8) is 0 Å². The predicted molar refractivity (Wildman–Crippen MR) is 103 cm³/mol. The maximum absolute atomic E-state index is 12.0. The van der Waals surface area contributed by atoms with Crippen LogP contribution in [-0.2, 0) is 31.1 Å². The van der Waals surface area contributed by atoms with Gasteiger partial charge in [0.15, 0.2) is 6.10 Å². The van der Waals surface area contributed by atoms with Crippen LogP contribution in [0.4, 0.5) is 0 Å². The number of benzene rings is 1. The Labute approximate surface area is 170 Å². The van der Waals surface area contributed by atoms with Crippen molar-refractivity contribution in [1.29, 1.82) is 0 Å². The summed E-state index contributed by atoms with van der Waals surface area (Å²) in [6, 6.07) is 5.80. The third-order valence-electron chi connectivity index (χ3n) is 3.70. The van der Waals surface area contributed by atoms with Gasteiger partial charge in [0.1, 0.15) is 12.3 Å². The third kappa shape index (κ3) is 12.1. The van der Waals surface area contributed by atoms with Crippen LogP contribution < -0.4 is 4.18 Å². The third-order valence-corrected chi connectivity index (χ3v) is 4.11. The molecular weight excluding hydrogens is 406 g/mol. The molecule has 0 radical (unpaired) electrons. The molecule has 10 nitrogen and oxygen atoms in total. The second kappa shape index (κ2) is 10.5. The lowest BCUT2D eigenvalue weighted by Crippen LogP contribution is -2.43. The highest BCUT2D eigenvalue weighted by Crippen LogP contribution is 2.17. The quantitative estimate of drug-likeness (QED) is 0.245. The second-order valence-corrected chi connectivity index (χ2v) is 8.76. The number of quaternary nitrogens is 1.